The number of hydrogen-bond acceptors (Lipinski definition) is 1. The van der Waals surface area contributed by atoms with Gasteiger partial charge in [-0.2, -0.15) is 0 Å². The molecule has 19 heavy (non-hydrogen) atoms. The van der Waals surface area contributed by atoms with Crippen LogP contribution in [0.1, 0.15) is 7.43 Å². The maximum absolute atomic E-state index is 4.63. The molecule has 2 heterocycles. The quantitative estimate of drug-likeness (QED) is 0.472. The van der Waals surface area contributed by atoms with Crippen LogP contribution in [0.15, 0.2) is 60.7 Å². The van der Waals surface area contributed by atoms with Crippen molar-refractivity contribution in [1.29, 1.82) is 0 Å². The van der Waals surface area contributed by atoms with Gasteiger partial charge in [-0.05, 0) is 35.7 Å². The van der Waals surface area contributed by atoms with Gasteiger partial charge < -0.3 is 0 Å². The van der Waals surface area contributed by atoms with Crippen molar-refractivity contribution in [3.8, 4) is 0 Å². The van der Waals surface area contributed by atoms with Crippen molar-refractivity contribution < 1.29 is 32.7 Å². The van der Waals surface area contributed by atoms with Crippen molar-refractivity contribution in [2.75, 3.05) is 0 Å². The van der Waals surface area contributed by atoms with E-state index in [1.54, 1.807) is 0 Å². The van der Waals surface area contributed by atoms with Crippen LogP contribution in [-0.4, -0.2) is 9.38 Å². The third-order valence-electron chi connectivity index (χ3n) is 3.18. The standard InChI is InChI=1S/C15H10N2.CH4.Y/c1-3-7-13-11(5-1)9-10-15-16-12-6-2-4-8-14(12)17(13)15;;/h1-10H;1H4;. The Kier molecular flexibility index (Phi) is 4.03. The van der Waals surface area contributed by atoms with Gasteiger partial charge in [0, 0.05) is 32.7 Å². The Labute approximate surface area is 137 Å². The molecule has 2 nitrogen and oxygen atoms in total. The van der Waals surface area contributed by atoms with E-state index in [0.29, 0.717) is 0 Å². The fourth-order valence-electron chi connectivity index (χ4n) is 2.41. The molecule has 0 atom stereocenters. The molecule has 3 heteroatoms. The van der Waals surface area contributed by atoms with E-state index in [2.05, 4.69) is 64.0 Å². The minimum atomic E-state index is 0. The molecule has 0 aliphatic rings. The predicted octanol–water partition coefficient (Wildman–Crippen LogP) is 4.27. The van der Waals surface area contributed by atoms with Crippen LogP contribution in [0.2, 0.25) is 0 Å². The number of benzene rings is 2. The molecule has 1 radical (unpaired) electrons. The zero-order valence-electron chi connectivity index (χ0n) is 9.75. The van der Waals surface area contributed by atoms with Crippen molar-refractivity contribution >= 4 is 27.6 Å². The van der Waals surface area contributed by atoms with Gasteiger partial charge in [0.25, 0.3) is 0 Å². The summed E-state index contributed by atoms with van der Waals surface area (Å²) in [5.74, 6) is 0. The molecule has 0 unspecified atom stereocenters. The monoisotopic (exact) mass is 323 g/mol. The van der Waals surface area contributed by atoms with Crippen LogP contribution < -0.4 is 0 Å². The van der Waals surface area contributed by atoms with E-state index in [9.17, 15) is 0 Å². The molecule has 2 aromatic carbocycles. The number of fused-ring (bicyclic) bond motifs is 5. The normalized spacial score (nSPS) is 10.3. The van der Waals surface area contributed by atoms with Crippen molar-refractivity contribution in [3.05, 3.63) is 60.7 Å². The maximum atomic E-state index is 4.63. The van der Waals surface area contributed by atoms with E-state index in [1.807, 2.05) is 6.07 Å². The van der Waals surface area contributed by atoms with E-state index in [0.717, 1.165) is 11.2 Å². The van der Waals surface area contributed by atoms with Gasteiger partial charge in [0.2, 0.25) is 0 Å². The summed E-state index contributed by atoms with van der Waals surface area (Å²) in [7, 11) is 0. The Bertz CT molecular complexity index is 843. The zero-order valence-corrected chi connectivity index (χ0v) is 12.6. The topological polar surface area (TPSA) is 17.3 Å². The molecule has 2 aromatic heterocycles. The van der Waals surface area contributed by atoms with Gasteiger partial charge >= 0.3 is 0 Å². The predicted molar refractivity (Wildman–Crippen MR) is 76.9 cm³/mol. The number of aromatic nitrogens is 2. The Hall–Kier alpha value is -1.25. The molecule has 0 saturated carbocycles. The summed E-state index contributed by atoms with van der Waals surface area (Å²) in [6.07, 6.45) is 0. The van der Waals surface area contributed by atoms with Crippen LogP contribution in [0.3, 0.4) is 0 Å². The number of imidazole rings is 1. The molecular weight excluding hydrogens is 309 g/mol. The van der Waals surface area contributed by atoms with Crippen molar-refractivity contribution in [2.45, 2.75) is 7.43 Å². The van der Waals surface area contributed by atoms with Crippen LogP contribution in [0.4, 0.5) is 0 Å². The first kappa shape index (κ1) is 14.2. The maximum Gasteiger partial charge on any atom is 0.138 e. The number of hydrogen-bond donors (Lipinski definition) is 0. The second kappa shape index (κ2) is 5.40. The Morgan fingerprint density at radius 1 is 0.737 bits per heavy atom. The average Bonchev–Trinajstić information content (AvgIpc) is 2.77. The van der Waals surface area contributed by atoms with Gasteiger partial charge in [0.05, 0.1) is 16.6 Å². The first-order valence-corrected chi connectivity index (χ1v) is 5.68. The smallest absolute Gasteiger partial charge is 0.138 e. The van der Waals surface area contributed by atoms with E-state index >= 15 is 0 Å². The van der Waals surface area contributed by atoms with Gasteiger partial charge in [0.1, 0.15) is 5.65 Å². The molecule has 0 N–H and O–H groups in total. The summed E-state index contributed by atoms with van der Waals surface area (Å²) in [5.41, 5.74) is 4.42. The first-order chi connectivity index (χ1) is 8.43. The van der Waals surface area contributed by atoms with Gasteiger partial charge in [-0.25, -0.2) is 4.98 Å². The number of pyridine rings is 1. The van der Waals surface area contributed by atoms with Gasteiger partial charge in [0.15, 0.2) is 0 Å². The van der Waals surface area contributed by atoms with Crippen molar-refractivity contribution in [3.63, 3.8) is 0 Å². The molecule has 0 saturated heterocycles. The zero-order chi connectivity index (χ0) is 11.2. The van der Waals surface area contributed by atoms with Crippen LogP contribution in [-0.2, 0) is 32.7 Å². The molecule has 0 spiro atoms. The average molecular weight is 323 g/mol. The summed E-state index contributed by atoms with van der Waals surface area (Å²) in [6, 6.07) is 20.8. The molecule has 0 fully saturated rings. The summed E-state index contributed by atoms with van der Waals surface area (Å²) in [6.45, 7) is 0. The first-order valence-electron chi connectivity index (χ1n) is 5.68. The number of para-hydroxylation sites is 3. The molecule has 0 aliphatic carbocycles. The molecule has 4 aromatic rings. The van der Waals surface area contributed by atoms with E-state index in [-0.39, 0.29) is 40.1 Å². The molecule has 91 valence electrons. The van der Waals surface area contributed by atoms with Crippen LogP contribution >= 0.6 is 0 Å². The third-order valence-corrected chi connectivity index (χ3v) is 3.18. The fourth-order valence-corrected chi connectivity index (χ4v) is 2.41. The Morgan fingerprint density at radius 2 is 1.42 bits per heavy atom. The molecule has 0 amide bonds. The molecule has 4 rings (SSSR count). The van der Waals surface area contributed by atoms with E-state index in [4.69, 9.17) is 0 Å². The summed E-state index contributed by atoms with van der Waals surface area (Å²) < 4.78 is 2.21. The minimum absolute atomic E-state index is 0. The third kappa shape index (κ3) is 2.09. The fraction of sp³-hybridized carbons (Fsp3) is 0.0625. The van der Waals surface area contributed by atoms with Crippen molar-refractivity contribution in [2.24, 2.45) is 0 Å². The largest absolute Gasteiger partial charge is 0.292 e. The Balaban J connectivity index is 0.000000667. The SMILES string of the molecule is C.[Y].c1ccc2c(c1)ccc1nc3ccccc3n12. The second-order valence-electron chi connectivity index (χ2n) is 4.19. The van der Waals surface area contributed by atoms with E-state index in [1.165, 1.54) is 16.4 Å². The van der Waals surface area contributed by atoms with Gasteiger partial charge in [-0.15, -0.1) is 0 Å². The van der Waals surface area contributed by atoms with Gasteiger partial charge in [-0.3, -0.25) is 4.40 Å². The van der Waals surface area contributed by atoms with Crippen molar-refractivity contribution in [1.82, 2.24) is 9.38 Å². The van der Waals surface area contributed by atoms with E-state index < -0.39 is 0 Å². The molecule has 0 aliphatic heterocycles. The van der Waals surface area contributed by atoms with Crippen LogP contribution in [0, 0.1) is 0 Å². The summed E-state index contributed by atoms with van der Waals surface area (Å²) in [5, 5.41) is 1.24. The summed E-state index contributed by atoms with van der Waals surface area (Å²) >= 11 is 0. The number of nitrogens with zero attached hydrogens (tertiary/aromatic N) is 2. The van der Waals surface area contributed by atoms with Crippen LogP contribution in [0.25, 0.3) is 27.6 Å². The number of rotatable bonds is 0. The molecular formula is C16H14N2Y. The molecule has 0 bridgehead atoms. The van der Waals surface area contributed by atoms with Gasteiger partial charge in [-0.1, -0.05) is 37.8 Å². The minimum Gasteiger partial charge on any atom is -0.292 e. The Morgan fingerprint density at radius 3 is 2.26 bits per heavy atom. The van der Waals surface area contributed by atoms with Crippen LogP contribution in [0.5, 0.6) is 0 Å². The second-order valence-corrected chi connectivity index (χ2v) is 4.19. The summed E-state index contributed by atoms with van der Waals surface area (Å²) in [4.78, 5) is 4.63.